The number of amides is 2. The molecule has 20 heavy (non-hydrogen) atoms. The average Bonchev–Trinajstić information content (AvgIpc) is 2.81. The van der Waals surface area contributed by atoms with Crippen molar-refractivity contribution >= 4 is 28.5 Å². The number of nitrogens with zero attached hydrogens (tertiary/aromatic N) is 1. The topological polar surface area (TPSA) is 48.1 Å². The molecule has 2 aromatic rings. The lowest BCUT2D eigenvalue weighted by atomic mass is 10.1. The van der Waals surface area contributed by atoms with Crippen LogP contribution in [0, 0.1) is 0 Å². The number of hydrogen-bond acceptors (Lipinski definition) is 1. The van der Waals surface area contributed by atoms with Crippen LogP contribution in [0.2, 0.25) is 5.02 Å². The number of fused-ring (bicyclic) bond motifs is 1. The van der Waals surface area contributed by atoms with Crippen LogP contribution in [-0.2, 0) is 6.42 Å². The standard InChI is InChI=1S/C15H18ClN3O/c1-3-8-19(2)15(20)17-7-6-11-10-18-14-9-12(16)4-5-13(11)14/h3-5,9-10,18H,1,6-8H2,2H3,(H,17,20). The molecule has 4 nitrogen and oxygen atoms in total. The molecule has 106 valence electrons. The first-order valence-corrected chi connectivity index (χ1v) is 6.85. The van der Waals surface area contributed by atoms with Gasteiger partial charge < -0.3 is 15.2 Å². The van der Waals surface area contributed by atoms with Crippen molar-refractivity contribution in [2.24, 2.45) is 0 Å². The lowest BCUT2D eigenvalue weighted by Gasteiger charge is -2.15. The molecule has 0 radical (unpaired) electrons. The molecule has 0 bridgehead atoms. The molecule has 2 amide bonds. The van der Waals surface area contributed by atoms with Crippen molar-refractivity contribution in [3.05, 3.63) is 47.6 Å². The van der Waals surface area contributed by atoms with Crippen LogP contribution < -0.4 is 5.32 Å². The van der Waals surface area contributed by atoms with E-state index < -0.39 is 0 Å². The summed E-state index contributed by atoms with van der Waals surface area (Å²) in [5.41, 5.74) is 2.19. The highest BCUT2D eigenvalue weighted by Gasteiger charge is 2.07. The monoisotopic (exact) mass is 291 g/mol. The van der Waals surface area contributed by atoms with Gasteiger partial charge in [-0.25, -0.2) is 4.79 Å². The number of hydrogen-bond donors (Lipinski definition) is 2. The molecule has 1 aromatic carbocycles. The van der Waals surface area contributed by atoms with Crippen LogP contribution in [0.3, 0.4) is 0 Å². The third-order valence-corrected chi connectivity index (χ3v) is 3.38. The fraction of sp³-hybridized carbons (Fsp3) is 0.267. The van der Waals surface area contributed by atoms with Gasteiger partial charge in [-0.3, -0.25) is 0 Å². The molecular weight excluding hydrogens is 274 g/mol. The Hall–Kier alpha value is -1.94. The second-order valence-corrected chi connectivity index (χ2v) is 5.09. The predicted molar refractivity (Wildman–Crippen MR) is 83.2 cm³/mol. The van der Waals surface area contributed by atoms with Gasteiger partial charge in [-0.05, 0) is 24.1 Å². The van der Waals surface area contributed by atoms with Gasteiger partial charge in [0, 0.05) is 42.3 Å². The first kappa shape index (κ1) is 14.5. The minimum Gasteiger partial charge on any atom is -0.361 e. The maximum Gasteiger partial charge on any atom is 0.317 e. The van der Waals surface area contributed by atoms with E-state index in [9.17, 15) is 4.79 Å². The van der Waals surface area contributed by atoms with E-state index in [0.29, 0.717) is 18.1 Å². The van der Waals surface area contributed by atoms with Gasteiger partial charge in [-0.2, -0.15) is 0 Å². The minimum absolute atomic E-state index is 0.0900. The van der Waals surface area contributed by atoms with Crippen LogP contribution in [0.15, 0.2) is 37.1 Å². The molecule has 0 atom stereocenters. The van der Waals surface area contributed by atoms with E-state index in [1.54, 1.807) is 18.0 Å². The number of rotatable bonds is 5. The zero-order valence-electron chi connectivity index (χ0n) is 11.4. The second kappa shape index (κ2) is 6.48. The molecule has 2 rings (SSSR count). The Labute approximate surface area is 123 Å². The number of halogens is 1. The Morgan fingerprint density at radius 3 is 3.10 bits per heavy atom. The Balaban J connectivity index is 1.93. The summed E-state index contributed by atoms with van der Waals surface area (Å²) in [6.45, 7) is 4.74. The zero-order valence-corrected chi connectivity index (χ0v) is 12.2. The number of likely N-dealkylation sites (N-methyl/N-ethyl adjacent to an activating group) is 1. The second-order valence-electron chi connectivity index (χ2n) is 4.65. The Morgan fingerprint density at radius 1 is 1.55 bits per heavy atom. The molecule has 0 aliphatic heterocycles. The number of urea groups is 1. The van der Waals surface area contributed by atoms with E-state index in [1.165, 1.54) is 5.56 Å². The number of aromatic amines is 1. The van der Waals surface area contributed by atoms with Crippen LogP contribution in [0.5, 0.6) is 0 Å². The van der Waals surface area contributed by atoms with Gasteiger partial charge in [0.1, 0.15) is 0 Å². The maximum absolute atomic E-state index is 11.7. The van der Waals surface area contributed by atoms with Gasteiger partial charge in [0.05, 0.1) is 0 Å². The van der Waals surface area contributed by atoms with E-state index in [2.05, 4.69) is 16.9 Å². The number of carbonyl (C=O) groups excluding carboxylic acids is 1. The molecule has 0 saturated heterocycles. The average molecular weight is 292 g/mol. The molecule has 0 aliphatic rings. The third-order valence-electron chi connectivity index (χ3n) is 3.15. The summed E-state index contributed by atoms with van der Waals surface area (Å²) in [5.74, 6) is 0. The fourth-order valence-corrected chi connectivity index (χ4v) is 2.25. The lowest BCUT2D eigenvalue weighted by Crippen LogP contribution is -2.38. The molecule has 1 aromatic heterocycles. The van der Waals surface area contributed by atoms with Crippen LogP contribution in [-0.4, -0.2) is 36.1 Å². The molecule has 0 spiro atoms. The number of carbonyl (C=O) groups is 1. The summed E-state index contributed by atoms with van der Waals surface area (Å²) >= 11 is 5.95. The fourth-order valence-electron chi connectivity index (χ4n) is 2.08. The van der Waals surface area contributed by atoms with E-state index in [4.69, 9.17) is 11.6 Å². The Bertz CT molecular complexity index is 621. The zero-order chi connectivity index (χ0) is 14.5. The van der Waals surface area contributed by atoms with Crippen LogP contribution >= 0.6 is 11.6 Å². The highest BCUT2D eigenvalue weighted by atomic mass is 35.5. The van der Waals surface area contributed by atoms with Gasteiger partial charge >= 0.3 is 6.03 Å². The number of nitrogens with one attached hydrogen (secondary N) is 2. The van der Waals surface area contributed by atoms with Crippen molar-refractivity contribution in [1.82, 2.24) is 15.2 Å². The van der Waals surface area contributed by atoms with Crippen LogP contribution in [0.4, 0.5) is 4.79 Å². The smallest absolute Gasteiger partial charge is 0.317 e. The van der Waals surface area contributed by atoms with Crippen molar-refractivity contribution in [3.63, 3.8) is 0 Å². The Morgan fingerprint density at radius 2 is 2.35 bits per heavy atom. The number of aromatic nitrogens is 1. The van der Waals surface area contributed by atoms with E-state index in [-0.39, 0.29) is 6.03 Å². The molecular formula is C15H18ClN3O. The van der Waals surface area contributed by atoms with E-state index in [1.807, 2.05) is 24.4 Å². The van der Waals surface area contributed by atoms with Gasteiger partial charge in [0.2, 0.25) is 0 Å². The van der Waals surface area contributed by atoms with Crippen molar-refractivity contribution in [2.75, 3.05) is 20.1 Å². The van der Waals surface area contributed by atoms with Gasteiger partial charge in [-0.15, -0.1) is 6.58 Å². The summed E-state index contributed by atoms with van der Waals surface area (Å²) in [7, 11) is 1.74. The van der Waals surface area contributed by atoms with Crippen molar-refractivity contribution < 1.29 is 4.79 Å². The van der Waals surface area contributed by atoms with Crippen molar-refractivity contribution in [1.29, 1.82) is 0 Å². The van der Waals surface area contributed by atoms with Crippen LogP contribution in [0.25, 0.3) is 10.9 Å². The summed E-state index contributed by atoms with van der Waals surface area (Å²) in [6, 6.07) is 5.68. The maximum atomic E-state index is 11.7. The molecule has 2 N–H and O–H groups in total. The lowest BCUT2D eigenvalue weighted by molar-refractivity contribution is 0.213. The molecule has 0 fully saturated rings. The molecule has 0 saturated carbocycles. The minimum atomic E-state index is -0.0900. The summed E-state index contributed by atoms with van der Waals surface area (Å²) in [5, 5.41) is 4.74. The first-order valence-electron chi connectivity index (χ1n) is 6.47. The number of benzene rings is 1. The SMILES string of the molecule is C=CCN(C)C(=O)NCCc1c[nH]c2cc(Cl)ccc12. The molecule has 5 heteroatoms. The Kier molecular flexibility index (Phi) is 4.69. The highest BCUT2D eigenvalue weighted by molar-refractivity contribution is 6.31. The van der Waals surface area contributed by atoms with Gasteiger partial charge in [0.25, 0.3) is 0 Å². The summed E-state index contributed by atoms with van der Waals surface area (Å²) in [6.07, 6.45) is 4.43. The quantitative estimate of drug-likeness (QED) is 0.817. The van der Waals surface area contributed by atoms with Crippen molar-refractivity contribution in [2.45, 2.75) is 6.42 Å². The predicted octanol–water partition coefficient (Wildman–Crippen LogP) is 3.19. The third kappa shape index (κ3) is 3.33. The first-order chi connectivity index (χ1) is 9.61. The summed E-state index contributed by atoms with van der Waals surface area (Å²) < 4.78 is 0. The summed E-state index contributed by atoms with van der Waals surface area (Å²) in [4.78, 5) is 16.5. The normalized spacial score (nSPS) is 10.5. The van der Waals surface area contributed by atoms with Crippen molar-refractivity contribution in [3.8, 4) is 0 Å². The van der Waals surface area contributed by atoms with Gasteiger partial charge in [-0.1, -0.05) is 23.7 Å². The van der Waals surface area contributed by atoms with E-state index in [0.717, 1.165) is 17.3 Å². The van der Waals surface area contributed by atoms with Gasteiger partial charge in [0.15, 0.2) is 0 Å². The van der Waals surface area contributed by atoms with E-state index >= 15 is 0 Å². The largest absolute Gasteiger partial charge is 0.361 e. The molecule has 1 heterocycles. The molecule has 0 unspecified atom stereocenters. The molecule has 0 aliphatic carbocycles. The highest BCUT2D eigenvalue weighted by Crippen LogP contribution is 2.22. The van der Waals surface area contributed by atoms with Crippen LogP contribution in [0.1, 0.15) is 5.56 Å². The number of H-pyrrole nitrogens is 1.